The summed E-state index contributed by atoms with van der Waals surface area (Å²) in [6, 6.07) is 8.17. The van der Waals surface area contributed by atoms with Crippen molar-refractivity contribution in [3.8, 4) is 0 Å². The van der Waals surface area contributed by atoms with E-state index in [-0.39, 0.29) is 5.92 Å². The first kappa shape index (κ1) is 11.5. The average molecular weight is 241 g/mol. The van der Waals surface area contributed by atoms with Crippen molar-refractivity contribution in [2.75, 3.05) is 0 Å². The molecule has 1 aromatic carbocycles. The fourth-order valence-electron chi connectivity index (χ4n) is 3.27. The highest BCUT2D eigenvalue weighted by molar-refractivity contribution is 6.09. The predicted molar refractivity (Wildman–Crippen MR) is 73.8 cm³/mol. The van der Waals surface area contributed by atoms with E-state index >= 15 is 0 Å². The molecule has 0 spiro atoms. The van der Waals surface area contributed by atoms with Crippen molar-refractivity contribution >= 4 is 16.7 Å². The van der Waals surface area contributed by atoms with Crippen molar-refractivity contribution in [1.29, 1.82) is 0 Å². The van der Waals surface area contributed by atoms with Crippen LogP contribution in [0.15, 0.2) is 30.5 Å². The molecular formula is C16H19NO. The van der Waals surface area contributed by atoms with Gasteiger partial charge in [0.15, 0.2) is 5.78 Å². The smallest absolute Gasteiger partial charge is 0.168 e. The summed E-state index contributed by atoms with van der Waals surface area (Å²) in [6.45, 7) is 2.21. The second-order valence-electron chi connectivity index (χ2n) is 5.55. The lowest BCUT2D eigenvalue weighted by molar-refractivity contribution is 0.0898. The summed E-state index contributed by atoms with van der Waals surface area (Å²) in [6.07, 6.45) is 5.45. The minimum Gasteiger partial charge on any atom is -0.350 e. The maximum Gasteiger partial charge on any atom is 0.168 e. The Morgan fingerprint density at radius 2 is 2.06 bits per heavy atom. The Kier molecular flexibility index (Phi) is 2.73. The molecule has 2 unspecified atom stereocenters. The maximum atomic E-state index is 12.7. The number of Topliss-reactive ketones (excluding diaryl/α,β-unsaturated/α-hetero) is 1. The predicted octanol–water partition coefficient (Wildman–Crippen LogP) is 3.80. The van der Waals surface area contributed by atoms with Gasteiger partial charge >= 0.3 is 0 Å². The monoisotopic (exact) mass is 241 g/mol. The Balaban J connectivity index is 2.06. The third-order valence-corrected chi connectivity index (χ3v) is 4.36. The van der Waals surface area contributed by atoms with Crippen LogP contribution in [0.1, 0.15) is 36.5 Å². The standard InChI is InChI=1S/C16H19NO/c1-11-6-5-8-12(11)16(18)14-10-17(2)15-9-4-3-7-13(14)15/h3-4,7,9-12H,5-6,8H2,1-2H3. The number of rotatable bonds is 2. The molecule has 3 rings (SSSR count). The van der Waals surface area contributed by atoms with Gasteiger partial charge in [-0.05, 0) is 24.8 Å². The molecule has 2 nitrogen and oxygen atoms in total. The van der Waals surface area contributed by atoms with Crippen LogP contribution < -0.4 is 0 Å². The van der Waals surface area contributed by atoms with Crippen LogP contribution in [-0.2, 0) is 7.05 Å². The second-order valence-corrected chi connectivity index (χ2v) is 5.55. The van der Waals surface area contributed by atoms with Crippen molar-refractivity contribution in [3.63, 3.8) is 0 Å². The summed E-state index contributed by atoms with van der Waals surface area (Å²) < 4.78 is 2.06. The zero-order chi connectivity index (χ0) is 12.7. The van der Waals surface area contributed by atoms with Gasteiger partial charge in [0.1, 0.15) is 0 Å². The fourth-order valence-corrected chi connectivity index (χ4v) is 3.27. The molecule has 1 aliphatic carbocycles. The summed E-state index contributed by atoms with van der Waals surface area (Å²) >= 11 is 0. The number of hydrogen-bond donors (Lipinski definition) is 0. The highest BCUT2D eigenvalue weighted by Crippen LogP contribution is 2.35. The van der Waals surface area contributed by atoms with Gasteiger partial charge in [0.25, 0.3) is 0 Å². The van der Waals surface area contributed by atoms with Crippen molar-refractivity contribution in [3.05, 3.63) is 36.0 Å². The molecule has 0 saturated heterocycles. The largest absolute Gasteiger partial charge is 0.350 e. The number of aryl methyl sites for hydroxylation is 1. The molecule has 2 atom stereocenters. The third-order valence-electron chi connectivity index (χ3n) is 4.36. The third kappa shape index (κ3) is 1.67. The van der Waals surface area contributed by atoms with E-state index in [2.05, 4.69) is 23.6 Å². The van der Waals surface area contributed by atoms with Crippen molar-refractivity contribution < 1.29 is 4.79 Å². The molecule has 1 fully saturated rings. The molecule has 0 aliphatic heterocycles. The first-order chi connectivity index (χ1) is 8.68. The van der Waals surface area contributed by atoms with Gasteiger partial charge in [-0.15, -0.1) is 0 Å². The molecule has 94 valence electrons. The van der Waals surface area contributed by atoms with Crippen LogP contribution in [0, 0.1) is 11.8 Å². The van der Waals surface area contributed by atoms with E-state index in [4.69, 9.17) is 0 Å². The van der Waals surface area contributed by atoms with Crippen molar-refractivity contribution in [2.24, 2.45) is 18.9 Å². The Hall–Kier alpha value is -1.57. The maximum absolute atomic E-state index is 12.7. The molecular weight excluding hydrogens is 222 g/mol. The zero-order valence-corrected chi connectivity index (χ0v) is 11.0. The molecule has 1 heterocycles. The van der Waals surface area contributed by atoms with Gasteiger partial charge in [0, 0.05) is 35.6 Å². The number of aromatic nitrogens is 1. The van der Waals surface area contributed by atoms with Crippen LogP contribution in [0.4, 0.5) is 0 Å². The topological polar surface area (TPSA) is 22.0 Å². The van der Waals surface area contributed by atoms with Crippen LogP contribution in [-0.4, -0.2) is 10.4 Å². The van der Waals surface area contributed by atoms with Crippen molar-refractivity contribution in [2.45, 2.75) is 26.2 Å². The number of fused-ring (bicyclic) bond motifs is 1. The van der Waals surface area contributed by atoms with E-state index in [0.29, 0.717) is 11.7 Å². The number of para-hydroxylation sites is 1. The Morgan fingerprint density at radius 1 is 1.28 bits per heavy atom. The zero-order valence-electron chi connectivity index (χ0n) is 11.0. The Labute approximate surface area is 108 Å². The first-order valence-electron chi connectivity index (χ1n) is 6.77. The molecule has 1 aromatic heterocycles. The molecule has 0 amide bonds. The SMILES string of the molecule is CC1CCCC1C(=O)c1cn(C)c2ccccc12. The molecule has 2 heteroatoms. The lowest BCUT2D eigenvalue weighted by Crippen LogP contribution is -2.16. The number of ketones is 1. The first-order valence-corrected chi connectivity index (χ1v) is 6.77. The molecule has 2 aromatic rings. The van der Waals surface area contributed by atoms with E-state index in [0.717, 1.165) is 22.9 Å². The van der Waals surface area contributed by atoms with Crippen LogP contribution in [0.2, 0.25) is 0 Å². The van der Waals surface area contributed by atoms with Crippen molar-refractivity contribution in [1.82, 2.24) is 4.57 Å². The quantitative estimate of drug-likeness (QED) is 0.733. The van der Waals surface area contributed by atoms with Gasteiger partial charge in [-0.2, -0.15) is 0 Å². The highest BCUT2D eigenvalue weighted by atomic mass is 16.1. The van der Waals surface area contributed by atoms with E-state index in [9.17, 15) is 4.79 Å². The minimum absolute atomic E-state index is 0.232. The molecule has 0 N–H and O–H groups in total. The van der Waals surface area contributed by atoms with Gasteiger partial charge in [0.2, 0.25) is 0 Å². The van der Waals surface area contributed by atoms with Gasteiger partial charge in [0.05, 0.1) is 0 Å². The lowest BCUT2D eigenvalue weighted by Gasteiger charge is -2.13. The molecule has 1 saturated carbocycles. The number of carbonyl (C=O) groups excluding carboxylic acids is 1. The van der Waals surface area contributed by atoms with Gasteiger partial charge in [-0.3, -0.25) is 4.79 Å². The highest BCUT2D eigenvalue weighted by Gasteiger charge is 2.31. The normalized spacial score (nSPS) is 23.7. The van der Waals surface area contributed by atoms with Gasteiger partial charge < -0.3 is 4.57 Å². The van der Waals surface area contributed by atoms with Crippen LogP contribution >= 0.6 is 0 Å². The summed E-state index contributed by atoms with van der Waals surface area (Å²) in [7, 11) is 2.01. The van der Waals surface area contributed by atoms with Crippen LogP contribution in [0.3, 0.4) is 0 Å². The second kappa shape index (κ2) is 4.27. The number of nitrogens with zero attached hydrogens (tertiary/aromatic N) is 1. The summed E-state index contributed by atoms with van der Waals surface area (Å²) in [5, 5.41) is 1.10. The minimum atomic E-state index is 0.232. The molecule has 0 bridgehead atoms. The molecule has 18 heavy (non-hydrogen) atoms. The Bertz CT molecular complexity index is 596. The molecule has 1 aliphatic rings. The Morgan fingerprint density at radius 3 is 2.78 bits per heavy atom. The van der Waals surface area contributed by atoms with Crippen LogP contribution in [0.5, 0.6) is 0 Å². The number of benzene rings is 1. The van der Waals surface area contributed by atoms with E-state index in [1.165, 1.54) is 12.8 Å². The van der Waals surface area contributed by atoms with E-state index < -0.39 is 0 Å². The molecule has 0 radical (unpaired) electrons. The van der Waals surface area contributed by atoms with Gasteiger partial charge in [-0.25, -0.2) is 0 Å². The lowest BCUT2D eigenvalue weighted by atomic mass is 9.89. The number of carbonyl (C=O) groups is 1. The summed E-state index contributed by atoms with van der Waals surface area (Å²) in [5.41, 5.74) is 2.05. The fraction of sp³-hybridized carbons (Fsp3) is 0.438. The summed E-state index contributed by atoms with van der Waals surface area (Å²) in [4.78, 5) is 12.7. The van der Waals surface area contributed by atoms with E-state index in [1.807, 2.05) is 25.4 Å². The van der Waals surface area contributed by atoms with E-state index in [1.54, 1.807) is 0 Å². The average Bonchev–Trinajstić information content (AvgIpc) is 2.94. The number of hydrogen-bond acceptors (Lipinski definition) is 1. The summed E-state index contributed by atoms with van der Waals surface area (Å²) in [5.74, 6) is 1.11. The van der Waals surface area contributed by atoms with Gasteiger partial charge in [-0.1, -0.05) is 31.5 Å². The van der Waals surface area contributed by atoms with Crippen LogP contribution in [0.25, 0.3) is 10.9 Å².